The highest BCUT2D eigenvalue weighted by atomic mass is 79.9. The van der Waals surface area contributed by atoms with Crippen LogP contribution >= 0.6 is 15.9 Å². The number of carbonyl (C=O) groups excluding carboxylic acids is 2. The quantitative estimate of drug-likeness (QED) is 0.840. The van der Waals surface area contributed by atoms with E-state index >= 15 is 0 Å². The molecule has 0 bridgehead atoms. The fourth-order valence-electron chi connectivity index (χ4n) is 1.74. The predicted octanol–water partition coefficient (Wildman–Crippen LogP) is 3.69. The summed E-state index contributed by atoms with van der Waals surface area (Å²) in [6, 6.07) is 11.1. The molecule has 0 saturated heterocycles. The zero-order chi connectivity index (χ0) is 16.1. The normalized spacial score (nSPS) is 10.1. The monoisotopic (exact) mass is 365 g/mol. The van der Waals surface area contributed by atoms with Gasteiger partial charge in [0.1, 0.15) is 5.82 Å². The molecule has 114 valence electrons. The Morgan fingerprint density at radius 2 is 1.95 bits per heavy atom. The first-order chi connectivity index (χ1) is 10.5. The molecule has 0 aliphatic rings. The molecule has 0 aliphatic carbocycles. The molecule has 2 aromatic carbocycles. The predicted molar refractivity (Wildman–Crippen MR) is 84.2 cm³/mol. The van der Waals surface area contributed by atoms with Gasteiger partial charge in [0.25, 0.3) is 5.91 Å². The van der Waals surface area contributed by atoms with Crippen molar-refractivity contribution in [1.29, 1.82) is 0 Å². The average Bonchev–Trinajstić information content (AvgIpc) is 2.48. The average molecular weight is 366 g/mol. The number of hydrogen-bond donors (Lipinski definition) is 1. The molecule has 0 saturated carbocycles. The lowest BCUT2D eigenvalue weighted by molar-refractivity contribution is -0.119. The van der Waals surface area contributed by atoms with Gasteiger partial charge in [0, 0.05) is 4.47 Å². The molecule has 0 radical (unpaired) electrons. The van der Waals surface area contributed by atoms with Gasteiger partial charge >= 0.3 is 5.97 Å². The number of ether oxygens (including phenoxy) is 1. The van der Waals surface area contributed by atoms with Gasteiger partial charge in [0.05, 0.1) is 11.3 Å². The van der Waals surface area contributed by atoms with Gasteiger partial charge in [-0.1, -0.05) is 18.2 Å². The Bertz CT molecular complexity index is 718. The van der Waals surface area contributed by atoms with Crippen LogP contribution in [0.3, 0.4) is 0 Å². The van der Waals surface area contributed by atoms with Crippen molar-refractivity contribution in [3.05, 3.63) is 63.9 Å². The van der Waals surface area contributed by atoms with E-state index in [9.17, 15) is 14.0 Å². The van der Waals surface area contributed by atoms with E-state index in [4.69, 9.17) is 4.74 Å². The number of halogens is 2. The van der Waals surface area contributed by atoms with Crippen molar-refractivity contribution < 1.29 is 18.7 Å². The van der Waals surface area contributed by atoms with E-state index < -0.39 is 24.3 Å². The second-order valence-electron chi connectivity index (χ2n) is 4.59. The fourth-order valence-corrected chi connectivity index (χ4v) is 2.19. The highest BCUT2D eigenvalue weighted by Gasteiger charge is 2.13. The van der Waals surface area contributed by atoms with Crippen molar-refractivity contribution >= 4 is 33.5 Å². The van der Waals surface area contributed by atoms with Gasteiger partial charge < -0.3 is 10.1 Å². The minimum Gasteiger partial charge on any atom is -0.452 e. The molecular weight excluding hydrogens is 353 g/mol. The lowest BCUT2D eigenvalue weighted by atomic mass is 10.2. The molecule has 2 aromatic rings. The highest BCUT2D eigenvalue weighted by Crippen LogP contribution is 2.17. The molecule has 4 nitrogen and oxygen atoms in total. The summed E-state index contributed by atoms with van der Waals surface area (Å²) in [5, 5.41) is 2.36. The molecule has 6 heteroatoms. The van der Waals surface area contributed by atoms with Gasteiger partial charge in [-0.05, 0) is 52.7 Å². The molecule has 1 amide bonds. The molecule has 2 rings (SSSR count). The third-order valence-electron chi connectivity index (χ3n) is 2.83. The number of amides is 1. The first-order valence-electron chi connectivity index (χ1n) is 6.45. The summed E-state index contributed by atoms with van der Waals surface area (Å²) in [6.07, 6.45) is 0. The second-order valence-corrected chi connectivity index (χ2v) is 5.44. The van der Waals surface area contributed by atoms with Crippen LogP contribution in [-0.4, -0.2) is 18.5 Å². The van der Waals surface area contributed by atoms with E-state index in [0.717, 1.165) is 5.56 Å². The maximum Gasteiger partial charge on any atom is 0.339 e. The largest absolute Gasteiger partial charge is 0.452 e. The molecule has 0 unspecified atom stereocenters. The Morgan fingerprint density at radius 1 is 1.23 bits per heavy atom. The van der Waals surface area contributed by atoms with Crippen LogP contribution in [0.5, 0.6) is 0 Å². The Labute approximate surface area is 135 Å². The summed E-state index contributed by atoms with van der Waals surface area (Å²) in [5.74, 6) is -1.78. The Morgan fingerprint density at radius 3 is 2.64 bits per heavy atom. The van der Waals surface area contributed by atoms with E-state index in [-0.39, 0.29) is 5.69 Å². The summed E-state index contributed by atoms with van der Waals surface area (Å²) in [7, 11) is 0. The van der Waals surface area contributed by atoms with Crippen molar-refractivity contribution in [3.8, 4) is 0 Å². The number of anilines is 1. The second kappa shape index (κ2) is 7.17. The number of carbonyl (C=O) groups is 2. The standard InChI is InChI=1S/C16H13BrFNO3/c1-10-6-7-14(13(18)8-10)19-15(20)9-22-16(21)11-4-2-3-5-12(11)17/h2-8H,9H2,1H3,(H,19,20). The topological polar surface area (TPSA) is 55.4 Å². The summed E-state index contributed by atoms with van der Waals surface area (Å²) in [5.41, 5.74) is 1.11. The molecule has 22 heavy (non-hydrogen) atoms. The Balaban J connectivity index is 1.93. The third kappa shape index (κ3) is 4.14. The van der Waals surface area contributed by atoms with Crippen molar-refractivity contribution in [3.63, 3.8) is 0 Å². The summed E-state index contributed by atoms with van der Waals surface area (Å²) in [6.45, 7) is 1.25. The Kier molecular flexibility index (Phi) is 5.27. The molecule has 0 atom stereocenters. The molecule has 0 spiro atoms. The fraction of sp³-hybridized carbons (Fsp3) is 0.125. The Hall–Kier alpha value is -2.21. The minimum atomic E-state index is -0.632. The molecule has 0 aliphatic heterocycles. The minimum absolute atomic E-state index is 0.0486. The van der Waals surface area contributed by atoms with Crippen molar-refractivity contribution in [2.24, 2.45) is 0 Å². The first-order valence-corrected chi connectivity index (χ1v) is 7.24. The van der Waals surface area contributed by atoms with E-state index in [1.54, 1.807) is 37.3 Å². The first kappa shape index (κ1) is 16.2. The van der Waals surface area contributed by atoms with Crippen LogP contribution in [0, 0.1) is 12.7 Å². The van der Waals surface area contributed by atoms with Crippen LogP contribution in [0.4, 0.5) is 10.1 Å². The van der Waals surface area contributed by atoms with Gasteiger partial charge in [-0.2, -0.15) is 0 Å². The van der Waals surface area contributed by atoms with Crippen LogP contribution in [0.2, 0.25) is 0 Å². The van der Waals surface area contributed by atoms with Gasteiger partial charge in [-0.3, -0.25) is 4.79 Å². The number of rotatable bonds is 4. The summed E-state index contributed by atoms with van der Waals surface area (Å²) >= 11 is 3.22. The highest BCUT2D eigenvalue weighted by molar-refractivity contribution is 9.10. The van der Waals surface area contributed by atoms with Gasteiger partial charge in [-0.25, -0.2) is 9.18 Å². The van der Waals surface area contributed by atoms with E-state index in [1.165, 1.54) is 12.1 Å². The maximum atomic E-state index is 13.6. The number of hydrogen-bond acceptors (Lipinski definition) is 3. The zero-order valence-corrected chi connectivity index (χ0v) is 13.3. The molecule has 0 heterocycles. The van der Waals surface area contributed by atoms with Crippen molar-refractivity contribution in [2.75, 3.05) is 11.9 Å². The van der Waals surface area contributed by atoms with E-state index in [2.05, 4.69) is 21.2 Å². The SMILES string of the molecule is Cc1ccc(NC(=O)COC(=O)c2ccccc2Br)c(F)c1. The van der Waals surface area contributed by atoms with E-state index in [0.29, 0.717) is 10.0 Å². The number of esters is 1. The smallest absolute Gasteiger partial charge is 0.339 e. The van der Waals surface area contributed by atoms with Crippen LogP contribution in [-0.2, 0) is 9.53 Å². The molecule has 0 aromatic heterocycles. The van der Waals surface area contributed by atoms with Crippen molar-refractivity contribution in [1.82, 2.24) is 0 Å². The van der Waals surface area contributed by atoms with Gasteiger partial charge in [0.15, 0.2) is 6.61 Å². The van der Waals surface area contributed by atoms with Crippen LogP contribution in [0.1, 0.15) is 15.9 Å². The lowest BCUT2D eigenvalue weighted by Crippen LogP contribution is -2.21. The van der Waals surface area contributed by atoms with Crippen molar-refractivity contribution in [2.45, 2.75) is 6.92 Å². The van der Waals surface area contributed by atoms with Crippen LogP contribution in [0.15, 0.2) is 46.9 Å². The number of benzene rings is 2. The number of nitrogens with one attached hydrogen (secondary N) is 1. The van der Waals surface area contributed by atoms with Gasteiger partial charge in [0.2, 0.25) is 0 Å². The number of aryl methyl sites for hydroxylation is 1. The van der Waals surface area contributed by atoms with Crippen LogP contribution < -0.4 is 5.32 Å². The van der Waals surface area contributed by atoms with Gasteiger partial charge in [-0.15, -0.1) is 0 Å². The lowest BCUT2D eigenvalue weighted by Gasteiger charge is -2.08. The molecular formula is C16H13BrFNO3. The zero-order valence-electron chi connectivity index (χ0n) is 11.7. The molecule has 1 N–H and O–H groups in total. The maximum absolute atomic E-state index is 13.6. The third-order valence-corrected chi connectivity index (χ3v) is 3.52. The van der Waals surface area contributed by atoms with E-state index in [1.807, 2.05) is 0 Å². The summed E-state index contributed by atoms with van der Waals surface area (Å²) < 4.78 is 19.1. The summed E-state index contributed by atoms with van der Waals surface area (Å²) in [4.78, 5) is 23.5. The van der Waals surface area contributed by atoms with Crippen LogP contribution in [0.25, 0.3) is 0 Å². The molecule has 0 fully saturated rings.